The van der Waals surface area contributed by atoms with Gasteiger partial charge in [-0.3, -0.25) is 0 Å². The van der Waals surface area contributed by atoms with Gasteiger partial charge in [-0.25, -0.2) is 0 Å². The van der Waals surface area contributed by atoms with Crippen LogP contribution in [0.4, 0.5) is 0 Å². The highest BCUT2D eigenvalue weighted by Crippen LogP contribution is 2.05. The Morgan fingerprint density at radius 2 is 1.84 bits per heavy atom. The first-order valence-corrected chi connectivity index (χ1v) is 9.90. The molecule has 0 aromatic heterocycles. The van der Waals surface area contributed by atoms with E-state index in [9.17, 15) is 0 Å². The minimum absolute atomic E-state index is 0.733. The van der Waals surface area contributed by atoms with Gasteiger partial charge >= 0.3 is 0 Å². The quantitative estimate of drug-likeness (QED) is 0.407. The van der Waals surface area contributed by atoms with Crippen LogP contribution in [-0.4, -0.2) is 14.9 Å². The molecule has 19 heavy (non-hydrogen) atoms. The number of unbranched alkanes of at least 4 members (excludes halogenated alkanes) is 1. The van der Waals surface area contributed by atoms with Gasteiger partial charge in [0.1, 0.15) is 0 Å². The molecule has 0 N–H and O–H groups in total. The minimum atomic E-state index is -1.60. The summed E-state index contributed by atoms with van der Waals surface area (Å²) in [5.41, 5.74) is 3.35. The van der Waals surface area contributed by atoms with Crippen LogP contribution in [0.3, 0.4) is 0 Å². The summed E-state index contributed by atoms with van der Waals surface area (Å²) in [6.07, 6.45) is 4.04. The van der Waals surface area contributed by atoms with Crippen LogP contribution >= 0.6 is 0 Å². The molecule has 0 aliphatic heterocycles. The van der Waals surface area contributed by atoms with Gasteiger partial charge in [-0.2, -0.15) is 0 Å². The predicted molar refractivity (Wildman–Crippen MR) is 85.4 cm³/mol. The van der Waals surface area contributed by atoms with Crippen LogP contribution in [0.25, 0.3) is 0 Å². The predicted octanol–water partition coefficient (Wildman–Crippen LogP) is 4.35. The lowest BCUT2D eigenvalue weighted by Gasteiger charge is -2.16. The smallest absolute Gasteiger partial charge is 0.210 e. The zero-order chi connectivity index (χ0) is 14.0. The fourth-order valence-corrected chi connectivity index (χ4v) is 2.37. The molecule has 0 aliphatic carbocycles. The van der Waals surface area contributed by atoms with Crippen LogP contribution in [0.5, 0.6) is 0 Å². The van der Waals surface area contributed by atoms with Crippen LogP contribution in [-0.2, 0) is 10.8 Å². The minimum Gasteiger partial charge on any atom is -0.413 e. The number of aryl methyl sites for hydroxylation is 1. The van der Waals surface area contributed by atoms with E-state index in [0.717, 1.165) is 32.3 Å². The average molecular weight is 272 g/mol. The Labute approximate surface area is 118 Å². The Morgan fingerprint density at radius 3 is 2.53 bits per heavy atom. The molecule has 0 saturated carbocycles. The second-order valence-electron chi connectivity index (χ2n) is 5.10. The lowest BCUT2D eigenvalue weighted by molar-refractivity contribution is 0.324. The molecule has 0 saturated heterocycles. The molecule has 0 unspecified atom stereocenters. The number of hydrogen-bond acceptors (Lipinski definition) is 1. The standard InChI is InChI=1S/C17H24OSi/c1-4-19(2,3)18-16-12-7-5-6-9-13-17-14-10-8-11-15-17/h4,8,10-11,14-15H,1,6,9,12-13,16H2,2-3H3. The van der Waals surface area contributed by atoms with Crippen LogP contribution in [0.1, 0.15) is 24.8 Å². The Balaban J connectivity index is 2.07. The number of hydrogen-bond donors (Lipinski definition) is 0. The van der Waals surface area contributed by atoms with Crippen molar-refractivity contribution < 1.29 is 4.43 Å². The SMILES string of the molecule is C=C[Si](C)(C)OCCC#CCCCc1ccccc1. The van der Waals surface area contributed by atoms with Crippen LogP contribution in [0, 0.1) is 11.8 Å². The van der Waals surface area contributed by atoms with Gasteiger partial charge in [0, 0.05) is 19.4 Å². The molecule has 0 fully saturated rings. The van der Waals surface area contributed by atoms with Gasteiger partial charge in [0.2, 0.25) is 8.32 Å². The Hall–Kier alpha value is -1.30. The second kappa shape index (κ2) is 8.74. The molecule has 0 heterocycles. The molecule has 0 amide bonds. The summed E-state index contributed by atoms with van der Waals surface area (Å²) in [5.74, 6) is 6.40. The first-order valence-electron chi connectivity index (χ1n) is 6.91. The summed E-state index contributed by atoms with van der Waals surface area (Å²) < 4.78 is 5.77. The van der Waals surface area contributed by atoms with Crippen molar-refractivity contribution in [3.8, 4) is 11.8 Å². The molecule has 1 aromatic carbocycles. The highest BCUT2D eigenvalue weighted by Gasteiger charge is 2.15. The zero-order valence-corrected chi connectivity index (χ0v) is 13.1. The Bertz CT molecular complexity index is 426. The molecule has 0 atom stereocenters. The molecular formula is C17H24OSi. The molecule has 102 valence electrons. The van der Waals surface area contributed by atoms with Gasteiger partial charge in [-0.05, 0) is 31.5 Å². The zero-order valence-electron chi connectivity index (χ0n) is 12.1. The van der Waals surface area contributed by atoms with Crippen molar-refractivity contribution in [3.63, 3.8) is 0 Å². The van der Waals surface area contributed by atoms with E-state index < -0.39 is 8.32 Å². The first-order chi connectivity index (χ1) is 9.14. The maximum absolute atomic E-state index is 5.77. The van der Waals surface area contributed by atoms with E-state index in [0.29, 0.717) is 0 Å². The van der Waals surface area contributed by atoms with Gasteiger partial charge in [0.05, 0.1) is 0 Å². The largest absolute Gasteiger partial charge is 0.413 e. The topological polar surface area (TPSA) is 9.23 Å². The maximum Gasteiger partial charge on any atom is 0.210 e. The van der Waals surface area contributed by atoms with E-state index >= 15 is 0 Å². The van der Waals surface area contributed by atoms with Gasteiger partial charge < -0.3 is 4.43 Å². The molecule has 0 radical (unpaired) electrons. The normalized spacial score (nSPS) is 10.6. The third-order valence-electron chi connectivity index (χ3n) is 2.93. The van der Waals surface area contributed by atoms with E-state index in [1.807, 2.05) is 5.70 Å². The monoisotopic (exact) mass is 272 g/mol. The summed E-state index contributed by atoms with van der Waals surface area (Å²) in [5, 5.41) is 0. The Morgan fingerprint density at radius 1 is 1.16 bits per heavy atom. The van der Waals surface area contributed by atoms with Crippen molar-refractivity contribution in [3.05, 3.63) is 48.2 Å². The summed E-state index contributed by atoms with van der Waals surface area (Å²) in [6.45, 7) is 8.83. The molecule has 1 aromatic rings. The summed E-state index contributed by atoms with van der Waals surface area (Å²) in [7, 11) is -1.60. The summed E-state index contributed by atoms with van der Waals surface area (Å²) in [4.78, 5) is 0. The van der Waals surface area contributed by atoms with E-state index in [4.69, 9.17) is 4.43 Å². The van der Waals surface area contributed by atoms with Crippen LogP contribution in [0.2, 0.25) is 13.1 Å². The van der Waals surface area contributed by atoms with Crippen LogP contribution in [0.15, 0.2) is 42.6 Å². The first kappa shape index (κ1) is 15.8. The average Bonchev–Trinajstić information content (AvgIpc) is 2.43. The molecule has 1 rings (SSSR count). The third kappa shape index (κ3) is 7.66. The fraction of sp³-hybridized carbons (Fsp3) is 0.412. The highest BCUT2D eigenvalue weighted by molar-refractivity contribution is 6.76. The maximum atomic E-state index is 5.77. The lowest BCUT2D eigenvalue weighted by Crippen LogP contribution is -2.27. The van der Waals surface area contributed by atoms with Crippen molar-refractivity contribution in [2.75, 3.05) is 6.61 Å². The molecule has 1 nitrogen and oxygen atoms in total. The van der Waals surface area contributed by atoms with Crippen molar-refractivity contribution in [2.24, 2.45) is 0 Å². The molecule has 2 heteroatoms. The molecular weight excluding hydrogens is 248 g/mol. The van der Waals surface area contributed by atoms with Crippen LogP contribution < -0.4 is 0 Å². The van der Waals surface area contributed by atoms with Crippen molar-refractivity contribution >= 4 is 8.32 Å². The summed E-state index contributed by atoms with van der Waals surface area (Å²) in [6, 6.07) is 10.6. The number of benzene rings is 1. The van der Waals surface area contributed by atoms with E-state index in [2.05, 4.69) is 61.8 Å². The van der Waals surface area contributed by atoms with Gasteiger partial charge in [0.25, 0.3) is 0 Å². The molecule has 0 bridgehead atoms. The second-order valence-corrected chi connectivity index (χ2v) is 9.00. The van der Waals surface area contributed by atoms with Crippen molar-refractivity contribution in [2.45, 2.75) is 38.8 Å². The highest BCUT2D eigenvalue weighted by atomic mass is 28.4. The summed E-state index contributed by atoms with van der Waals surface area (Å²) >= 11 is 0. The van der Waals surface area contributed by atoms with Crippen molar-refractivity contribution in [1.82, 2.24) is 0 Å². The lowest BCUT2D eigenvalue weighted by atomic mass is 10.1. The van der Waals surface area contributed by atoms with E-state index in [-0.39, 0.29) is 0 Å². The fourth-order valence-electron chi connectivity index (χ4n) is 1.63. The van der Waals surface area contributed by atoms with Gasteiger partial charge in [0.15, 0.2) is 0 Å². The molecule has 0 aliphatic rings. The number of rotatable bonds is 7. The Kier molecular flexibility index (Phi) is 7.25. The van der Waals surface area contributed by atoms with E-state index in [1.165, 1.54) is 5.56 Å². The third-order valence-corrected chi connectivity index (χ3v) is 4.86. The van der Waals surface area contributed by atoms with E-state index in [1.54, 1.807) is 0 Å². The van der Waals surface area contributed by atoms with Crippen molar-refractivity contribution in [1.29, 1.82) is 0 Å². The van der Waals surface area contributed by atoms with Gasteiger partial charge in [-0.1, -0.05) is 36.0 Å². The van der Waals surface area contributed by atoms with Gasteiger partial charge in [-0.15, -0.1) is 18.4 Å². The molecule has 0 spiro atoms.